The topological polar surface area (TPSA) is 113 Å². The second-order valence-corrected chi connectivity index (χ2v) is 10.3. The zero-order chi connectivity index (χ0) is 22.2. The van der Waals surface area contributed by atoms with Crippen LogP contribution in [-0.2, 0) is 24.3 Å². The van der Waals surface area contributed by atoms with Crippen molar-refractivity contribution in [3.05, 3.63) is 29.6 Å². The van der Waals surface area contributed by atoms with Crippen molar-refractivity contribution in [1.82, 2.24) is 19.2 Å². The predicted molar refractivity (Wildman–Crippen MR) is 113 cm³/mol. The van der Waals surface area contributed by atoms with Crippen molar-refractivity contribution in [2.45, 2.75) is 32.3 Å². The van der Waals surface area contributed by atoms with Gasteiger partial charge in [-0.2, -0.15) is 0 Å². The molecule has 0 unspecified atom stereocenters. The van der Waals surface area contributed by atoms with E-state index in [1.807, 2.05) is 4.90 Å². The summed E-state index contributed by atoms with van der Waals surface area (Å²) in [6, 6.07) is 1.76. The highest BCUT2D eigenvalue weighted by molar-refractivity contribution is 7.89. The summed E-state index contributed by atoms with van der Waals surface area (Å²) in [6.07, 6.45) is 3.94. The van der Waals surface area contributed by atoms with Crippen LogP contribution in [0.25, 0.3) is 0 Å². The Balaban J connectivity index is 1.48. The van der Waals surface area contributed by atoms with Gasteiger partial charge in [0.2, 0.25) is 16.0 Å². The van der Waals surface area contributed by atoms with Crippen LogP contribution in [0.5, 0.6) is 0 Å². The molecule has 0 aromatic carbocycles. The monoisotopic (exact) mass is 449 g/mol. The Hall–Kier alpha value is -2.53. The Morgan fingerprint density at radius 2 is 1.71 bits per heavy atom. The summed E-state index contributed by atoms with van der Waals surface area (Å²) >= 11 is 0. The Bertz CT molecular complexity index is 994. The van der Waals surface area contributed by atoms with Gasteiger partial charge in [0.15, 0.2) is 0 Å². The van der Waals surface area contributed by atoms with Gasteiger partial charge in [-0.25, -0.2) is 27.5 Å². The molecule has 2 fully saturated rings. The first-order valence-corrected chi connectivity index (χ1v) is 12.1. The van der Waals surface area contributed by atoms with Crippen molar-refractivity contribution in [3.63, 3.8) is 0 Å². The lowest BCUT2D eigenvalue weighted by molar-refractivity contribution is -0.150. The predicted octanol–water partition coefficient (Wildman–Crippen LogP) is 0.183. The number of hydrogen-bond donors (Lipinski definition) is 0. The van der Waals surface area contributed by atoms with Crippen LogP contribution in [0.4, 0.5) is 5.95 Å². The van der Waals surface area contributed by atoms with Gasteiger partial charge in [-0.3, -0.25) is 4.79 Å². The zero-order valence-corrected chi connectivity index (χ0v) is 18.6. The van der Waals surface area contributed by atoms with Crippen molar-refractivity contribution in [3.8, 4) is 0 Å². The minimum absolute atomic E-state index is 0.0237. The van der Waals surface area contributed by atoms with Gasteiger partial charge < -0.3 is 14.5 Å². The highest BCUT2D eigenvalue weighted by atomic mass is 32.2. The van der Waals surface area contributed by atoms with E-state index in [4.69, 9.17) is 4.74 Å². The van der Waals surface area contributed by atoms with E-state index in [0.29, 0.717) is 43.3 Å². The van der Waals surface area contributed by atoms with Gasteiger partial charge in [-0.05, 0) is 19.9 Å². The lowest BCUT2D eigenvalue weighted by Crippen LogP contribution is -2.54. The molecule has 0 atom stereocenters. The quantitative estimate of drug-likeness (QED) is 0.599. The van der Waals surface area contributed by atoms with Gasteiger partial charge in [-0.15, -0.1) is 0 Å². The van der Waals surface area contributed by atoms with Gasteiger partial charge >= 0.3 is 5.97 Å². The smallest absolute Gasteiger partial charge is 0.335 e. The van der Waals surface area contributed by atoms with Gasteiger partial charge in [0.1, 0.15) is 5.60 Å². The summed E-state index contributed by atoms with van der Waals surface area (Å²) in [6.45, 7) is 5.82. The molecule has 0 bridgehead atoms. The normalized spacial score (nSPS) is 22.2. The van der Waals surface area contributed by atoms with Crippen LogP contribution in [0.15, 0.2) is 29.6 Å². The van der Waals surface area contributed by atoms with Crippen molar-refractivity contribution >= 4 is 27.8 Å². The molecular weight excluding hydrogens is 422 g/mol. The van der Waals surface area contributed by atoms with Gasteiger partial charge in [0, 0.05) is 70.1 Å². The fraction of sp³-hybridized carbons (Fsp3) is 0.600. The van der Waals surface area contributed by atoms with E-state index in [-0.39, 0.29) is 37.6 Å². The summed E-state index contributed by atoms with van der Waals surface area (Å²) < 4.78 is 31.5. The first-order valence-electron chi connectivity index (χ1n) is 10.5. The average molecular weight is 450 g/mol. The number of rotatable bonds is 4. The third-order valence-corrected chi connectivity index (χ3v) is 8.21. The molecule has 0 N–H and O–H groups in total. The van der Waals surface area contributed by atoms with E-state index >= 15 is 0 Å². The number of carbonyl (C=O) groups is 2. The lowest BCUT2D eigenvalue weighted by atomic mass is 9.83. The maximum Gasteiger partial charge on any atom is 0.335 e. The van der Waals surface area contributed by atoms with E-state index in [2.05, 4.69) is 9.97 Å². The van der Waals surface area contributed by atoms with Crippen molar-refractivity contribution < 1.29 is 22.7 Å². The molecule has 168 valence electrons. The van der Waals surface area contributed by atoms with E-state index in [9.17, 15) is 18.0 Å². The number of esters is 1. The van der Waals surface area contributed by atoms with E-state index < -0.39 is 21.6 Å². The molecule has 3 aliphatic heterocycles. The molecule has 2 saturated heterocycles. The molecule has 1 aromatic heterocycles. The Kier molecular flexibility index (Phi) is 5.73. The van der Waals surface area contributed by atoms with Crippen LogP contribution in [0.1, 0.15) is 26.7 Å². The van der Waals surface area contributed by atoms with E-state index in [0.717, 1.165) is 0 Å². The SMILES string of the molecule is CCS(=O)(=O)N1CCC2(CC1)OC(=O)C(C)=C2C(=O)N1CCN(c2ncccn2)CC1. The molecule has 0 radical (unpaired) electrons. The third-order valence-electron chi connectivity index (χ3n) is 6.33. The number of amides is 1. The second kappa shape index (κ2) is 8.19. The number of hydrogen-bond acceptors (Lipinski definition) is 8. The highest BCUT2D eigenvalue weighted by Gasteiger charge is 2.52. The van der Waals surface area contributed by atoms with Crippen LogP contribution >= 0.6 is 0 Å². The summed E-state index contributed by atoms with van der Waals surface area (Å²) in [5, 5.41) is 0. The molecule has 1 spiro atoms. The van der Waals surface area contributed by atoms with Crippen LogP contribution in [0.3, 0.4) is 0 Å². The molecule has 1 amide bonds. The molecule has 10 nitrogen and oxygen atoms in total. The molecule has 4 rings (SSSR count). The number of piperidine rings is 1. The summed E-state index contributed by atoms with van der Waals surface area (Å²) in [5.41, 5.74) is -0.335. The standard InChI is InChI=1S/C20H27N5O5S/c1-3-31(28,29)25-9-5-20(6-10-25)16(15(2)18(27)30-20)17(26)23-11-13-24(14-12-23)19-21-7-4-8-22-19/h4,7-8H,3,5-6,9-14H2,1-2H3. The zero-order valence-electron chi connectivity index (χ0n) is 17.8. The molecule has 4 heterocycles. The summed E-state index contributed by atoms with van der Waals surface area (Å²) in [4.78, 5) is 38.1. The number of carbonyl (C=O) groups excluding carboxylic acids is 2. The molecule has 1 aromatic rings. The first-order chi connectivity index (χ1) is 14.8. The fourth-order valence-electron chi connectivity index (χ4n) is 4.49. The van der Waals surface area contributed by atoms with Crippen LogP contribution in [0, 0.1) is 0 Å². The van der Waals surface area contributed by atoms with Gasteiger partial charge in [0.25, 0.3) is 5.91 Å². The molecule has 0 aliphatic carbocycles. The molecule has 11 heteroatoms. The largest absolute Gasteiger partial charge is 0.450 e. The summed E-state index contributed by atoms with van der Waals surface area (Å²) in [5.74, 6) is -0.0452. The fourth-order valence-corrected chi connectivity index (χ4v) is 5.59. The number of sulfonamides is 1. The highest BCUT2D eigenvalue weighted by Crippen LogP contribution is 2.42. The van der Waals surface area contributed by atoms with Gasteiger partial charge in [-0.1, -0.05) is 0 Å². The first kappa shape index (κ1) is 21.7. The van der Waals surface area contributed by atoms with Crippen molar-refractivity contribution in [1.29, 1.82) is 0 Å². The lowest BCUT2D eigenvalue weighted by Gasteiger charge is -2.41. The number of piperazine rings is 1. The maximum atomic E-state index is 13.5. The minimum Gasteiger partial charge on any atom is -0.450 e. The number of ether oxygens (including phenoxy) is 1. The molecule has 0 saturated carbocycles. The number of nitrogens with zero attached hydrogens (tertiary/aromatic N) is 5. The van der Waals surface area contributed by atoms with E-state index in [1.165, 1.54) is 4.31 Å². The van der Waals surface area contributed by atoms with Crippen LogP contribution < -0.4 is 4.90 Å². The molecule has 31 heavy (non-hydrogen) atoms. The Morgan fingerprint density at radius 1 is 1.10 bits per heavy atom. The van der Waals surface area contributed by atoms with Crippen LogP contribution in [0.2, 0.25) is 0 Å². The van der Waals surface area contributed by atoms with Gasteiger partial charge in [0.05, 0.1) is 11.3 Å². The minimum atomic E-state index is -3.32. The van der Waals surface area contributed by atoms with Crippen molar-refractivity contribution in [2.24, 2.45) is 0 Å². The number of anilines is 1. The molecular formula is C20H27N5O5S. The Labute approximate surface area is 181 Å². The molecule has 3 aliphatic rings. The summed E-state index contributed by atoms with van der Waals surface area (Å²) in [7, 11) is -3.32. The second-order valence-electron chi connectivity index (χ2n) is 8.01. The Morgan fingerprint density at radius 3 is 2.29 bits per heavy atom. The average Bonchev–Trinajstić information content (AvgIpc) is 3.03. The maximum absolute atomic E-state index is 13.5. The van der Waals surface area contributed by atoms with Crippen molar-refractivity contribution in [2.75, 3.05) is 49.9 Å². The number of aromatic nitrogens is 2. The van der Waals surface area contributed by atoms with Crippen LogP contribution in [-0.4, -0.2) is 90.1 Å². The van der Waals surface area contributed by atoms with E-state index in [1.54, 1.807) is 37.2 Å². The third kappa shape index (κ3) is 3.91.